The van der Waals surface area contributed by atoms with Gasteiger partial charge in [0.2, 0.25) is 0 Å². The highest BCUT2D eigenvalue weighted by Gasteiger charge is 2.09. The standard InChI is InChI=1S/2C3H4O3.C3H8.2C2H6/c2*4-3-5-1-2-6-3;1-3-2;2*1-2/h2*1-2H2;3H2,1-2H3;2*1-2H3. The van der Waals surface area contributed by atoms with E-state index in [2.05, 4.69) is 32.8 Å². The van der Waals surface area contributed by atoms with Crippen molar-refractivity contribution in [3.05, 3.63) is 0 Å². The summed E-state index contributed by atoms with van der Waals surface area (Å²) in [7, 11) is 0. The van der Waals surface area contributed by atoms with Crippen molar-refractivity contribution in [2.45, 2.75) is 48.0 Å². The quantitative estimate of drug-likeness (QED) is 0.629. The van der Waals surface area contributed by atoms with Crippen molar-refractivity contribution >= 4 is 12.3 Å². The van der Waals surface area contributed by atoms with E-state index in [1.165, 1.54) is 6.42 Å². The van der Waals surface area contributed by atoms with Gasteiger partial charge < -0.3 is 18.9 Å². The van der Waals surface area contributed by atoms with Crippen LogP contribution in [0.4, 0.5) is 9.59 Å². The van der Waals surface area contributed by atoms with Crippen LogP contribution in [0.15, 0.2) is 0 Å². The summed E-state index contributed by atoms with van der Waals surface area (Å²) >= 11 is 0. The first-order valence-electron chi connectivity index (χ1n) is 6.79. The van der Waals surface area contributed by atoms with E-state index < -0.39 is 12.3 Å². The van der Waals surface area contributed by atoms with Crippen LogP contribution < -0.4 is 0 Å². The molecule has 0 atom stereocenters. The fourth-order valence-corrected chi connectivity index (χ4v) is 0.583. The molecule has 2 saturated heterocycles. The first-order valence-corrected chi connectivity index (χ1v) is 6.79. The first kappa shape index (κ1) is 22.7. The molecule has 0 aromatic carbocycles. The monoisotopic (exact) mass is 280 g/mol. The Morgan fingerprint density at radius 2 is 0.842 bits per heavy atom. The van der Waals surface area contributed by atoms with Crippen molar-refractivity contribution in [1.82, 2.24) is 0 Å². The summed E-state index contributed by atoms with van der Waals surface area (Å²) in [5.74, 6) is 0. The fraction of sp³-hybridized carbons (Fsp3) is 0.846. The summed E-state index contributed by atoms with van der Waals surface area (Å²) in [6.45, 7) is 13.9. The Morgan fingerprint density at radius 1 is 0.684 bits per heavy atom. The van der Waals surface area contributed by atoms with Crippen molar-refractivity contribution in [2.24, 2.45) is 0 Å². The summed E-state index contributed by atoms with van der Waals surface area (Å²) < 4.78 is 17.2. The molecule has 0 spiro atoms. The van der Waals surface area contributed by atoms with Crippen LogP contribution >= 0.6 is 0 Å². The Hall–Kier alpha value is -1.46. The van der Waals surface area contributed by atoms with Gasteiger partial charge in [0.15, 0.2) is 0 Å². The third-order valence-corrected chi connectivity index (χ3v) is 1.05. The lowest BCUT2D eigenvalue weighted by molar-refractivity contribution is 0.130. The zero-order valence-electron chi connectivity index (χ0n) is 13.0. The SMILES string of the molecule is CC.CC.CCC.O=C1OCCO1.O=C1OCCO1. The minimum Gasteiger partial charge on any atom is -0.431 e. The van der Waals surface area contributed by atoms with Crippen LogP contribution in [0.5, 0.6) is 0 Å². The van der Waals surface area contributed by atoms with Crippen LogP contribution in [0.3, 0.4) is 0 Å². The van der Waals surface area contributed by atoms with Gasteiger partial charge >= 0.3 is 12.3 Å². The molecule has 116 valence electrons. The Balaban J connectivity index is -0.000000187. The molecule has 0 N–H and O–H groups in total. The smallest absolute Gasteiger partial charge is 0.431 e. The van der Waals surface area contributed by atoms with Gasteiger partial charge in [-0.25, -0.2) is 9.59 Å². The summed E-state index contributed by atoms with van der Waals surface area (Å²) in [5.41, 5.74) is 0. The molecule has 19 heavy (non-hydrogen) atoms. The van der Waals surface area contributed by atoms with Crippen LogP contribution in [0.1, 0.15) is 48.0 Å². The molecule has 0 saturated carbocycles. The van der Waals surface area contributed by atoms with Gasteiger partial charge in [-0.05, 0) is 0 Å². The van der Waals surface area contributed by atoms with Gasteiger partial charge in [-0.1, -0.05) is 48.0 Å². The van der Waals surface area contributed by atoms with Gasteiger partial charge in [0.25, 0.3) is 0 Å². The Kier molecular flexibility index (Phi) is 26.0. The Labute approximate surface area is 116 Å². The van der Waals surface area contributed by atoms with Crippen molar-refractivity contribution in [3.63, 3.8) is 0 Å². The molecule has 2 aliphatic rings. The normalized spacial score (nSPS) is 14.0. The van der Waals surface area contributed by atoms with Crippen molar-refractivity contribution in [2.75, 3.05) is 26.4 Å². The maximum Gasteiger partial charge on any atom is 0.508 e. The summed E-state index contributed by atoms with van der Waals surface area (Å²) in [5, 5.41) is 0. The average molecular weight is 280 g/mol. The number of cyclic esters (lactones) is 4. The molecule has 6 heteroatoms. The molecule has 0 aromatic rings. The highest BCUT2D eigenvalue weighted by molar-refractivity contribution is 5.61. The molecular formula is C13H28O6. The number of hydrogen-bond acceptors (Lipinski definition) is 6. The maximum absolute atomic E-state index is 9.80. The van der Waals surface area contributed by atoms with Crippen LogP contribution in [-0.4, -0.2) is 38.7 Å². The van der Waals surface area contributed by atoms with E-state index in [0.29, 0.717) is 26.4 Å². The average Bonchev–Trinajstić information content (AvgIpc) is 3.10. The molecule has 0 amide bonds. The van der Waals surface area contributed by atoms with Gasteiger partial charge in [0, 0.05) is 0 Å². The second-order valence-corrected chi connectivity index (χ2v) is 2.60. The van der Waals surface area contributed by atoms with Crippen molar-refractivity contribution in [1.29, 1.82) is 0 Å². The molecule has 6 nitrogen and oxygen atoms in total. The van der Waals surface area contributed by atoms with E-state index in [0.717, 1.165) is 0 Å². The molecule has 0 radical (unpaired) electrons. The largest absolute Gasteiger partial charge is 0.508 e. The van der Waals surface area contributed by atoms with E-state index in [-0.39, 0.29) is 0 Å². The summed E-state index contributed by atoms with van der Waals surface area (Å²) in [6.07, 6.45) is 0.157. The van der Waals surface area contributed by atoms with E-state index in [9.17, 15) is 9.59 Å². The topological polar surface area (TPSA) is 71.1 Å². The highest BCUT2D eigenvalue weighted by Crippen LogP contribution is 1.92. The van der Waals surface area contributed by atoms with Crippen LogP contribution in [0.25, 0.3) is 0 Å². The predicted octanol–water partition coefficient (Wildman–Crippen LogP) is 3.78. The van der Waals surface area contributed by atoms with Gasteiger partial charge in [0.05, 0.1) is 0 Å². The summed E-state index contributed by atoms with van der Waals surface area (Å²) in [4.78, 5) is 19.6. The molecule has 2 rings (SSSR count). The van der Waals surface area contributed by atoms with E-state index >= 15 is 0 Å². The second-order valence-electron chi connectivity index (χ2n) is 2.60. The zero-order chi connectivity index (χ0) is 15.5. The highest BCUT2D eigenvalue weighted by atomic mass is 16.8. The molecular weight excluding hydrogens is 252 g/mol. The fourth-order valence-electron chi connectivity index (χ4n) is 0.583. The number of hydrogen-bond donors (Lipinski definition) is 0. The molecule has 0 aliphatic carbocycles. The van der Waals surface area contributed by atoms with Crippen LogP contribution in [0.2, 0.25) is 0 Å². The van der Waals surface area contributed by atoms with Gasteiger partial charge in [-0.15, -0.1) is 0 Å². The van der Waals surface area contributed by atoms with Crippen LogP contribution in [-0.2, 0) is 18.9 Å². The third kappa shape index (κ3) is 22.2. The summed E-state index contributed by atoms with van der Waals surface area (Å²) in [6, 6.07) is 0. The zero-order valence-corrected chi connectivity index (χ0v) is 13.0. The lowest BCUT2D eigenvalue weighted by Gasteiger charge is -1.78. The van der Waals surface area contributed by atoms with E-state index in [4.69, 9.17) is 0 Å². The molecule has 0 aromatic heterocycles. The van der Waals surface area contributed by atoms with Crippen LogP contribution in [0, 0.1) is 0 Å². The number of carbonyl (C=O) groups is 2. The predicted molar refractivity (Wildman–Crippen MR) is 73.3 cm³/mol. The van der Waals surface area contributed by atoms with Crippen molar-refractivity contribution < 1.29 is 28.5 Å². The van der Waals surface area contributed by atoms with E-state index in [1.807, 2.05) is 27.7 Å². The van der Waals surface area contributed by atoms with Crippen molar-refractivity contribution in [3.8, 4) is 0 Å². The third-order valence-electron chi connectivity index (χ3n) is 1.05. The number of rotatable bonds is 0. The lowest BCUT2D eigenvalue weighted by Crippen LogP contribution is -1.88. The molecule has 0 unspecified atom stereocenters. The molecule has 2 aliphatic heterocycles. The Bertz CT molecular complexity index is 158. The molecule has 0 bridgehead atoms. The first-order chi connectivity index (χ1) is 9.20. The minimum absolute atomic E-state index is 0.416. The van der Waals surface area contributed by atoms with Gasteiger partial charge in [0.1, 0.15) is 26.4 Å². The second kappa shape index (κ2) is 21.8. The lowest BCUT2D eigenvalue weighted by atomic mass is 10.6. The molecule has 2 heterocycles. The minimum atomic E-state index is -0.546. The van der Waals surface area contributed by atoms with Gasteiger partial charge in [-0.3, -0.25) is 0 Å². The van der Waals surface area contributed by atoms with E-state index in [1.54, 1.807) is 0 Å². The maximum atomic E-state index is 9.80. The number of carbonyl (C=O) groups excluding carboxylic acids is 2. The Morgan fingerprint density at radius 3 is 0.895 bits per heavy atom. The van der Waals surface area contributed by atoms with Gasteiger partial charge in [-0.2, -0.15) is 0 Å². The number of ether oxygens (including phenoxy) is 4. The molecule has 2 fully saturated rings.